The number of alkyl halides is 3. The third-order valence-corrected chi connectivity index (χ3v) is 4.50. The first kappa shape index (κ1) is 24.2. The summed E-state index contributed by atoms with van der Waals surface area (Å²) in [7, 11) is 0. The lowest BCUT2D eigenvalue weighted by Gasteiger charge is -2.35. The number of hydrogen-bond donors (Lipinski definition) is 2. The van der Waals surface area contributed by atoms with Crippen molar-refractivity contribution in [3.63, 3.8) is 0 Å². The van der Waals surface area contributed by atoms with Gasteiger partial charge in [0.05, 0.1) is 23.8 Å². The molecule has 0 bridgehead atoms. The molecule has 11 heteroatoms. The Morgan fingerprint density at radius 1 is 1.20 bits per heavy atom. The van der Waals surface area contributed by atoms with Crippen LogP contribution < -0.4 is 15.4 Å². The third kappa shape index (κ3) is 9.19. The van der Waals surface area contributed by atoms with Crippen LogP contribution in [0.5, 0.6) is 5.75 Å². The zero-order chi connectivity index (χ0) is 22.1. The fraction of sp³-hybridized carbons (Fsp3) is 0.526. The van der Waals surface area contributed by atoms with Gasteiger partial charge >= 0.3 is 6.36 Å². The van der Waals surface area contributed by atoms with Gasteiger partial charge in [0.25, 0.3) is 5.91 Å². The van der Waals surface area contributed by atoms with E-state index in [9.17, 15) is 22.4 Å². The molecule has 0 aliphatic heterocycles. The molecule has 2 N–H and O–H groups in total. The minimum absolute atomic E-state index is 0.0319. The summed E-state index contributed by atoms with van der Waals surface area (Å²) in [5.41, 5.74) is 0.673. The lowest BCUT2D eigenvalue weighted by molar-refractivity contribution is -0.357. The molecular formula is C19H23ClF4N2O4. The van der Waals surface area contributed by atoms with Gasteiger partial charge in [-0.15, -0.1) is 13.2 Å². The number of halogens is 5. The van der Waals surface area contributed by atoms with E-state index in [0.29, 0.717) is 31.8 Å². The summed E-state index contributed by atoms with van der Waals surface area (Å²) in [4.78, 5) is 11.7. The van der Waals surface area contributed by atoms with Crippen molar-refractivity contribution in [2.45, 2.75) is 37.8 Å². The molecule has 1 aliphatic rings. The van der Waals surface area contributed by atoms with E-state index in [1.807, 2.05) is 0 Å². The molecule has 1 aliphatic carbocycles. The fourth-order valence-corrected chi connectivity index (χ4v) is 2.72. The van der Waals surface area contributed by atoms with Crippen molar-refractivity contribution in [3.8, 4) is 5.75 Å². The lowest BCUT2D eigenvalue weighted by Crippen LogP contribution is -2.41. The highest BCUT2D eigenvalue weighted by molar-refractivity contribution is 6.30. The maximum absolute atomic E-state index is 13.3. The number of carbonyl (C=O) groups is 1. The minimum atomic E-state index is -4.61. The molecule has 0 spiro atoms. The lowest BCUT2D eigenvalue weighted by atomic mass is 9.92. The van der Waals surface area contributed by atoms with Crippen LogP contribution >= 0.6 is 11.6 Å². The number of nitrogens with one attached hydrogen (secondary N) is 2. The Labute approximate surface area is 176 Å². The van der Waals surface area contributed by atoms with Crippen LogP contribution in [0.15, 0.2) is 30.5 Å². The molecule has 168 valence electrons. The van der Waals surface area contributed by atoms with E-state index in [2.05, 4.69) is 21.9 Å². The van der Waals surface area contributed by atoms with E-state index >= 15 is 0 Å². The molecule has 30 heavy (non-hydrogen) atoms. The molecule has 0 heterocycles. The number of rotatable bonds is 12. The molecular weight excluding hydrogens is 432 g/mol. The number of benzene rings is 1. The zero-order valence-corrected chi connectivity index (χ0v) is 16.8. The molecule has 0 saturated heterocycles. The van der Waals surface area contributed by atoms with E-state index in [4.69, 9.17) is 21.1 Å². The highest BCUT2D eigenvalue weighted by atomic mass is 35.5. The maximum atomic E-state index is 13.3. The zero-order valence-electron chi connectivity index (χ0n) is 16.1. The van der Waals surface area contributed by atoms with Crippen molar-refractivity contribution in [1.82, 2.24) is 10.6 Å². The molecule has 1 amide bonds. The summed E-state index contributed by atoms with van der Waals surface area (Å²) in [6.07, 6.45) is -4.77. The van der Waals surface area contributed by atoms with Crippen LogP contribution in [0.1, 0.15) is 19.3 Å². The van der Waals surface area contributed by atoms with Crippen molar-refractivity contribution in [2.24, 2.45) is 0 Å². The smallest absolute Gasteiger partial charge is 0.484 e. The molecule has 1 fully saturated rings. The van der Waals surface area contributed by atoms with E-state index in [1.54, 1.807) is 0 Å². The van der Waals surface area contributed by atoms with Crippen molar-refractivity contribution in [3.05, 3.63) is 41.3 Å². The topological polar surface area (TPSA) is 68.8 Å². The van der Waals surface area contributed by atoms with Gasteiger partial charge in [0, 0.05) is 44.1 Å². The van der Waals surface area contributed by atoms with Gasteiger partial charge in [-0.2, -0.15) is 0 Å². The fourth-order valence-electron chi connectivity index (χ4n) is 2.60. The Kier molecular flexibility index (Phi) is 9.19. The quantitative estimate of drug-likeness (QED) is 0.373. The summed E-state index contributed by atoms with van der Waals surface area (Å²) in [6.45, 7) is 4.64. The molecule has 1 aromatic rings. The summed E-state index contributed by atoms with van der Waals surface area (Å²) in [5.74, 6) is -0.810. The first-order chi connectivity index (χ1) is 14.1. The van der Waals surface area contributed by atoms with E-state index in [1.165, 1.54) is 12.1 Å². The third-order valence-electron chi connectivity index (χ3n) is 4.19. The van der Waals surface area contributed by atoms with Crippen molar-refractivity contribution in [1.29, 1.82) is 0 Å². The summed E-state index contributed by atoms with van der Waals surface area (Å²) in [6, 6.07) is 3.89. The normalized spacial score (nSPS) is 18.4. The predicted octanol–water partition coefficient (Wildman–Crippen LogP) is 3.55. The SMILES string of the molecule is C=C(CCNC(=O)COc1ccc(Cl)c(F)c1)NCCO[C@H]1C[C@@H](OC(F)(F)F)C1. The molecule has 2 rings (SSSR count). The maximum Gasteiger partial charge on any atom is 0.522 e. The van der Waals surface area contributed by atoms with Crippen LogP contribution in [0.4, 0.5) is 17.6 Å². The van der Waals surface area contributed by atoms with Gasteiger partial charge in [-0.05, 0) is 12.1 Å². The Balaban J connectivity index is 1.46. The molecule has 0 radical (unpaired) electrons. The second-order valence-corrected chi connectivity index (χ2v) is 7.05. The Bertz CT molecular complexity index is 727. The number of hydrogen-bond acceptors (Lipinski definition) is 5. The van der Waals surface area contributed by atoms with E-state index in [0.717, 1.165) is 6.07 Å². The molecule has 0 unspecified atom stereocenters. The molecule has 1 aromatic carbocycles. The molecule has 0 atom stereocenters. The predicted molar refractivity (Wildman–Crippen MR) is 102 cm³/mol. The van der Waals surface area contributed by atoms with Crippen LogP contribution in [-0.4, -0.2) is 50.8 Å². The van der Waals surface area contributed by atoms with E-state index < -0.39 is 18.3 Å². The summed E-state index contributed by atoms with van der Waals surface area (Å²) >= 11 is 5.57. The Morgan fingerprint density at radius 2 is 1.93 bits per heavy atom. The molecule has 0 aromatic heterocycles. The monoisotopic (exact) mass is 454 g/mol. The Hall–Kier alpha value is -2.04. The van der Waals surface area contributed by atoms with Crippen molar-refractivity contribution >= 4 is 17.5 Å². The molecule has 1 saturated carbocycles. The first-order valence-corrected chi connectivity index (χ1v) is 9.62. The average molecular weight is 455 g/mol. The van der Waals surface area contributed by atoms with Crippen LogP contribution in [0.3, 0.4) is 0 Å². The number of ether oxygens (including phenoxy) is 3. The first-order valence-electron chi connectivity index (χ1n) is 9.24. The van der Waals surface area contributed by atoms with Gasteiger partial charge in [-0.3, -0.25) is 9.53 Å². The Morgan fingerprint density at radius 3 is 2.60 bits per heavy atom. The van der Waals surface area contributed by atoms with Crippen molar-refractivity contribution < 1.29 is 36.6 Å². The second-order valence-electron chi connectivity index (χ2n) is 6.64. The highest BCUT2D eigenvalue weighted by Crippen LogP contribution is 2.31. The van der Waals surface area contributed by atoms with Gasteiger partial charge < -0.3 is 20.1 Å². The number of carbonyl (C=O) groups excluding carboxylic acids is 1. The molecule has 6 nitrogen and oxygen atoms in total. The highest BCUT2D eigenvalue weighted by Gasteiger charge is 2.40. The summed E-state index contributed by atoms with van der Waals surface area (Å²) in [5, 5.41) is 5.62. The van der Waals surface area contributed by atoms with Crippen molar-refractivity contribution in [2.75, 3.05) is 26.3 Å². The van der Waals surface area contributed by atoms with Crippen LogP contribution in [0.25, 0.3) is 0 Å². The van der Waals surface area contributed by atoms with Gasteiger partial charge in [-0.25, -0.2) is 4.39 Å². The van der Waals surface area contributed by atoms with E-state index in [-0.39, 0.29) is 42.2 Å². The van der Waals surface area contributed by atoms with Crippen LogP contribution in [0.2, 0.25) is 5.02 Å². The second kappa shape index (κ2) is 11.4. The van der Waals surface area contributed by atoms with Gasteiger partial charge in [0.15, 0.2) is 6.61 Å². The minimum Gasteiger partial charge on any atom is -0.484 e. The number of amides is 1. The van der Waals surface area contributed by atoms with Gasteiger partial charge in [-0.1, -0.05) is 18.2 Å². The largest absolute Gasteiger partial charge is 0.522 e. The summed E-state index contributed by atoms with van der Waals surface area (Å²) < 4.78 is 63.8. The standard InChI is InChI=1S/C19H23ClF4N2O4/c1-12(25-6-7-28-14-8-15(9-14)30-19(22,23)24)4-5-26-18(27)11-29-13-2-3-16(20)17(21)10-13/h2-3,10,14-15,25H,1,4-9,11H2,(H,26,27)/t14-,15+. The van der Waals surface area contributed by atoms with Gasteiger partial charge in [0.2, 0.25) is 0 Å². The average Bonchev–Trinajstić information content (AvgIpc) is 2.62. The van der Waals surface area contributed by atoms with Crippen LogP contribution in [-0.2, 0) is 14.3 Å². The van der Waals surface area contributed by atoms with Crippen LogP contribution in [0, 0.1) is 5.82 Å². The van der Waals surface area contributed by atoms with Gasteiger partial charge in [0.1, 0.15) is 11.6 Å².